The molecule has 1 fully saturated rings. The second kappa shape index (κ2) is 11.6. The molecule has 1 N–H and O–H groups in total. The molecule has 0 radical (unpaired) electrons. The molecule has 198 valence electrons. The Hall–Kier alpha value is -3.69. The quantitative estimate of drug-likeness (QED) is 0.572. The highest BCUT2D eigenvalue weighted by Crippen LogP contribution is 2.20. The van der Waals surface area contributed by atoms with Crippen LogP contribution in [0.25, 0.3) is 0 Å². The van der Waals surface area contributed by atoms with Crippen LogP contribution >= 0.6 is 0 Å². The van der Waals surface area contributed by atoms with E-state index in [0.29, 0.717) is 57.9 Å². The van der Waals surface area contributed by atoms with Gasteiger partial charge in [-0.05, 0) is 45.6 Å². The van der Waals surface area contributed by atoms with Crippen LogP contribution in [-0.2, 0) is 27.4 Å². The van der Waals surface area contributed by atoms with E-state index < -0.39 is 11.9 Å². The highest BCUT2D eigenvalue weighted by Gasteiger charge is 2.32. The highest BCUT2D eigenvalue weighted by atomic mass is 16.5. The number of aromatic nitrogens is 2. The molecule has 1 saturated heterocycles. The van der Waals surface area contributed by atoms with Crippen LogP contribution in [0.3, 0.4) is 0 Å². The molecule has 2 aliphatic heterocycles. The fourth-order valence-corrected chi connectivity index (χ4v) is 4.93. The normalized spacial score (nSPS) is 17.1. The fraction of sp³-hybridized carbons (Fsp3) is 0.519. The molecule has 10 nitrogen and oxygen atoms in total. The zero-order valence-electron chi connectivity index (χ0n) is 21.7. The van der Waals surface area contributed by atoms with Crippen molar-refractivity contribution in [1.29, 1.82) is 0 Å². The van der Waals surface area contributed by atoms with Crippen LogP contribution in [0, 0.1) is 12.8 Å². The minimum atomic E-state index is -0.762. The maximum absolute atomic E-state index is 13.3. The lowest BCUT2D eigenvalue weighted by Gasteiger charge is -2.32. The number of nitrogens with zero attached hydrogens (tertiary/aromatic N) is 4. The Labute approximate surface area is 216 Å². The molecular formula is C27H35N5O5. The number of hydrogen-bond acceptors (Lipinski definition) is 6. The second-order valence-electron chi connectivity index (χ2n) is 9.75. The number of hydrogen-bond donors (Lipinski definition) is 1. The van der Waals surface area contributed by atoms with Gasteiger partial charge in [-0.15, -0.1) is 0 Å². The number of carbonyl (C=O) groups excluding carboxylic acids is 4. The number of aryl methyl sites for hydroxylation is 2. The van der Waals surface area contributed by atoms with Crippen molar-refractivity contribution in [3.63, 3.8) is 0 Å². The minimum absolute atomic E-state index is 0.112. The van der Waals surface area contributed by atoms with Crippen LogP contribution in [0.2, 0.25) is 0 Å². The molecule has 0 unspecified atom stereocenters. The van der Waals surface area contributed by atoms with E-state index >= 15 is 0 Å². The zero-order chi connectivity index (χ0) is 26.5. The maximum Gasteiger partial charge on any atom is 0.309 e. The van der Waals surface area contributed by atoms with Gasteiger partial charge in [-0.3, -0.25) is 23.9 Å². The molecule has 1 aromatic heterocycles. The third-order valence-electron chi connectivity index (χ3n) is 6.92. The number of benzene rings is 1. The summed E-state index contributed by atoms with van der Waals surface area (Å²) in [4.78, 5) is 54.5. The Morgan fingerprint density at radius 1 is 1.14 bits per heavy atom. The number of likely N-dealkylation sites (tertiary alicyclic amines) is 1. The first-order valence-electron chi connectivity index (χ1n) is 13.0. The van der Waals surface area contributed by atoms with Crippen molar-refractivity contribution < 1.29 is 23.9 Å². The Morgan fingerprint density at radius 3 is 2.59 bits per heavy atom. The summed E-state index contributed by atoms with van der Waals surface area (Å²) < 4.78 is 6.67. The molecule has 10 heteroatoms. The predicted octanol–water partition coefficient (Wildman–Crippen LogP) is 2.16. The average Bonchev–Trinajstić information content (AvgIpc) is 3.26. The van der Waals surface area contributed by atoms with Crippen LogP contribution in [0.1, 0.15) is 65.2 Å². The third kappa shape index (κ3) is 6.18. The SMILES string of the molecule is CCOC(=O)C1CCN(C(=O)[C@H](C)NC(=O)c2cc3n(n2)CCCN(Cc2cccc(C)c2)C3=O)CC1. The van der Waals surface area contributed by atoms with Gasteiger partial charge in [-0.1, -0.05) is 29.8 Å². The standard InChI is InChI=1S/C27H35N5O5/c1-4-37-27(36)21-9-13-30(14-10-21)25(34)19(3)28-24(33)22-16-23-26(35)31(11-6-12-32(23)29-22)17-20-8-5-7-18(2)15-20/h5,7-8,15-16,19,21H,4,6,9-14,17H2,1-3H3,(H,28,33)/t19-/m0/s1. The first-order chi connectivity index (χ1) is 17.8. The Morgan fingerprint density at radius 2 is 1.89 bits per heavy atom. The second-order valence-corrected chi connectivity index (χ2v) is 9.75. The summed E-state index contributed by atoms with van der Waals surface area (Å²) in [5.41, 5.74) is 2.67. The van der Waals surface area contributed by atoms with E-state index in [1.165, 1.54) is 6.07 Å². The van der Waals surface area contributed by atoms with Crippen LogP contribution in [0.15, 0.2) is 30.3 Å². The van der Waals surface area contributed by atoms with E-state index in [0.717, 1.165) is 17.5 Å². The number of amides is 3. The Bertz CT molecular complexity index is 1170. The molecule has 2 aromatic rings. The smallest absolute Gasteiger partial charge is 0.309 e. The first-order valence-corrected chi connectivity index (χ1v) is 13.0. The molecule has 4 rings (SSSR count). The topological polar surface area (TPSA) is 114 Å². The molecule has 1 aromatic carbocycles. The molecule has 1 atom stereocenters. The lowest BCUT2D eigenvalue weighted by molar-refractivity contribution is -0.151. The van der Waals surface area contributed by atoms with Gasteiger partial charge >= 0.3 is 5.97 Å². The number of ether oxygens (including phenoxy) is 1. The average molecular weight is 510 g/mol. The number of fused-ring (bicyclic) bond motifs is 1. The van der Waals surface area contributed by atoms with Gasteiger partial charge in [-0.25, -0.2) is 0 Å². The molecule has 3 amide bonds. The molecule has 0 aliphatic carbocycles. The molecule has 0 saturated carbocycles. The maximum atomic E-state index is 13.3. The monoisotopic (exact) mass is 509 g/mol. The van der Waals surface area contributed by atoms with E-state index in [2.05, 4.69) is 16.5 Å². The summed E-state index contributed by atoms with van der Waals surface area (Å²) in [6.45, 7) is 8.27. The molecule has 0 bridgehead atoms. The summed E-state index contributed by atoms with van der Waals surface area (Å²) in [5.74, 6) is -1.29. The Balaban J connectivity index is 1.36. The molecule has 3 heterocycles. The lowest BCUT2D eigenvalue weighted by atomic mass is 9.96. The van der Waals surface area contributed by atoms with Gasteiger partial charge in [0.1, 0.15) is 11.7 Å². The van der Waals surface area contributed by atoms with Crippen molar-refractivity contribution in [2.24, 2.45) is 5.92 Å². The van der Waals surface area contributed by atoms with Crippen LogP contribution in [-0.4, -0.2) is 75.6 Å². The minimum Gasteiger partial charge on any atom is -0.466 e. The van der Waals surface area contributed by atoms with Gasteiger partial charge in [0.05, 0.1) is 12.5 Å². The van der Waals surface area contributed by atoms with Gasteiger partial charge in [0.15, 0.2) is 5.69 Å². The summed E-state index contributed by atoms with van der Waals surface area (Å²) in [5, 5.41) is 7.09. The van der Waals surface area contributed by atoms with Crippen molar-refractivity contribution in [2.45, 2.75) is 59.2 Å². The van der Waals surface area contributed by atoms with Crippen LogP contribution in [0.4, 0.5) is 0 Å². The molecule has 0 spiro atoms. The van der Waals surface area contributed by atoms with E-state index in [1.54, 1.807) is 28.3 Å². The Kier molecular flexibility index (Phi) is 8.25. The highest BCUT2D eigenvalue weighted by molar-refractivity contribution is 5.99. The van der Waals surface area contributed by atoms with Crippen molar-refractivity contribution in [2.75, 3.05) is 26.2 Å². The van der Waals surface area contributed by atoms with Crippen LogP contribution in [0.5, 0.6) is 0 Å². The van der Waals surface area contributed by atoms with E-state index in [9.17, 15) is 19.2 Å². The van der Waals surface area contributed by atoms with E-state index in [4.69, 9.17) is 4.74 Å². The zero-order valence-corrected chi connectivity index (χ0v) is 21.7. The number of carbonyl (C=O) groups is 4. The largest absolute Gasteiger partial charge is 0.466 e. The number of piperidine rings is 1. The summed E-state index contributed by atoms with van der Waals surface area (Å²) in [7, 11) is 0. The molecule has 2 aliphatic rings. The molecule has 37 heavy (non-hydrogen) atoms. The summed E-state index contributed by atoms with van der Waals surface area (Å²) >= 11 is 0. The fourth-order valence-electron chi connectivity index (χ4n) is 4.93. The first kappa shape index (κ1) is 26.4. The number of nitrogens with one attached hydrogen (secondary N) is 1. The van der Waals surface area contributed by atoms with Gasteiger partial charge < -0.3 is 19.9 Å². The predicted molar refractivity (Wildman–Crippen MR) is 136 cm³/mol. The van der Waals surface area contributed by atoms with E-state index in [1.807, 2.05) is 25.1 Å². The van der Waals surface area contributed by atoms with Gasteiger partial charge in [0.2, 0.25) is 5.91 Å². The van der Waals surface area contributed by atoms with Gasteiger partial charge in [0.25, 0.3) is 11.8 Å². The van der Waals surface area contributed by atoms with Crippen molar-refractivity contribution in [1.82, 2.24) is 24.9 Å². The third-order valence-corrected chi connectivity index (χ3v) is 6.92. The number of esters is 1. The van der Waals surface area contributed by atoms with Crippen molar-refractivity contribution >= 4 is 23.7 Å². The molecular weight excluding hydrogens is 474 g/mol. The van der Waals surface area contributed by atoms with E-state index in [-0.39, 0.29) is 29.4 Å². The van der Waals surface area contributed by atoms with Crippen molar-refractivity contribution in [3.8, 4) is 0 Å². The summed E-state index contributed by atoms with van der Waals surface area (Å²) in [6, 6.07) is 8.80. The lowest BCUT2D eigenvalue weighted by Crippen LogP contribution is -2.50. The van der Waals surface area contributed by atoms with Gasteiger partial charge in [-0.2, -0.15) is 5.10 Å². The number of rotatable bonds is 7. The van der Waals surface area contributed by atoms with Gasteiger partial charge in [0, 0.05) is 38.8 Å². The van der Waals surface area contributed by atoms with Crippen LogP contribution < -0.4 is 5.32 Å². The summed E-state index contributed by atoms with van der Waals surface area (Å²) in [6.07, 6.45) is 1.81. The van der Waals surface area contributed by atoms with Crippen molar-refractivity contribution in [3.05, 3.63) is 52.8 Å².